The molecule has 0 spiro atoms. The van der Waals surface area contributed by atoms with E-state index >= 15 is 0 Å². The Balaban J connectivity index is 2.13. The number of anilines is 1. The maximum atomic E-state index is 12.3. The van der Waals surface area contributed by atoms with E-state index in [1.54, 1.807) is 0 Å². The number of hydrogen-bond acceptors (Lipinski definition) is 4. The van der Waals surface area contributed by atoms with E-state index in [0.29, 0.717) is 26.1 Å². The number of carbonyl (C=O) groups excluding carboxylic acids is 1. The van der Waals surface area contributed by atoms with Crippen molar-refractivity contribution in [3.8, 4) is 0 Å². The van der Waals surface area contributed by atoms with Crippen LogP contribution in [0, 0.1) is 6.92 Å². The third-order valence-electron chi connectivity index (χ3n) is 3.74. The first-order valence-corrected chi connectivity index (χ1v) is 7.24. The molecular weight excluding hydrogens is 254 g/mol. The SMILES string of the molecule is CCOC(=O)C1(Nc2ccccc2C)CC(OCC)C1. The number of para-hydroxylation sites is 1. The topological polar surface area (TPSA) is 47.6 Å². The van der Waals surface area contributed by atoms with E-state index in [1.165, 1.54) is 0 Å². The Labute approximate surface area is 120 Å². The van der Waals surface area contributed by atoms with Gasteiger partial charge in [-0.2, -0.15) is 0 Å². The highest BCUT2D eigenvalue weighted by atomic mass is 16.5. The summed E-state index contributed by atoms with van der Waals surface area (Å²) >= 11 is 0. The van der Waals surface area contributed by atoms with Crippen LogP contribution in [-0.2, 0) is 14.3 Å². The molecule has 0 radical (unpaired) electrons. The highest BCUT2D eigenvalue weighted by molar-refractivity contribution is 5.86. The number of hydrogen-bond donors (Lipinski definition) is 1. The average Bonchev–Trinajstić information content (AvgIpc) is 2.38. The van der Waals surface area contributed by atoms with Crippen molar-refractivity contribution in [1.29, 1.82) is 0 Å². The van der Waals surface area contributed by atoms with Crippen LogP contribution in [0.15, 0.2) is 24.3 Å². The van der Waals surface area contributed by atoms with Crippen LogP contribution in [0.5, 0.6) is 0 Å². The fourth-order valence-electron chi connectivity index (χ4n) is 2.63. The van der Waals surface area contributed by atoms with Gasteiger partial charge in [-0.1, -0.05) is 18.2 Å². The molecule has 0 aromatic heterocycles. The Morgan fingerprint density at radius 1 is 1.30 bits per heavy atom. The molecule has 0 unspecified atom stereocenters. The molecule has 2 rings (SSSR count). The lowest BCUT2D eigenvalue weighted by Gasteiger charge is -2.46. The highest BCUT2D eigenvalue weighted by Crippen LogP contribution is 2.39. The Bertz CT molecular complexity index is 467. The lowest BCUT2D eigenvalue weighted by Crippen LogP contribution is -2.60. The minimum absolute atomic E-state index is 0.140. The van der Waals surface area contributed by atoms with Crippen molar-refractivity contribution < 1.29 is 14.3 Å². The van der Waals surface area contributed by atoms with Crippen LogP contribution in [0.1, 0.15) is 32.3 Å². The van der Waals surface area contributed by atoms with Crippen molar-refractivity contribution in [2.45, 2.75) is 45.3 Å². The second-order valence-electron chi connectivity index (χ2n) is 5.23. The van der Waals surface area contributed by atoms with Gasteiger partial charge in [0.1, 0.15) is 5.54 Å². The van der Waals surface area contributed by atoms with E-state index in [1.807, 2.05) is 45.0 Å². The third-order valence-corrected chi connectivity index (χ3v) is 3.74. The lowest BCUT2D eigenvalue weighted by atomic mass is 9.73. The summed E-state index contributed by atoms with van der Waals surface area (Å²) in [6, 6.07) is 7.97. The fourth-order valence-corrected chi connectivity index (χ4v) is 2.63. The number of carbonyl (C=O) groups is 1. The molecule has 0 heterocycles. The van der Waals surface area contributed by atoms with Crippen molar-refractivity contribution in [1.82, 2.24) is 0 Å². The van der Waals surface area contributed by atoms with Crippen molar-refractivity contribution in [2.24, 2.45) is 0 Å². The third kappa shape index (κ3) is 2.96. The number of ether oxygens (including phenoxy) is 2. The van der Waals surface area contributed by atoms with Gasteiger partial charge in [0, 0.05) is 25.1 Å². The molecule has 1 fully saturated rings. The van der Waals surface area contributed by atoms with Crippen LogP contribution in [-0.4, -0.2) is 30.8 Å². The van der Waals surface area contributed by atoms with Gasteiger partial charge in [-0.25, -0.2) is 4.79 Å². The quantitative estimate of drug-likeness (QED) is 0.812. The smallest absolute Gasteiger partial charge is 0.331 e. The predicted octanol–water partition coefficient (Wildman–Crippen LogP) is 2.91. The van der Waals surface area contributed by atoms with Gasteiger partial charge in [-0.3, -0.25) is 0 Å². The summed E-state index contributed by atoms with van der Waals surface area (Å²) in [5.41, 5.74) is 1.47. The number of benzene rings is 1. The molecule has 1 saturated carbocycles. The number of aryl methyl sites for hydroxylation is 1. The van der Waals surface area contributed by atoms with E-state index in [2.05, 4.69) is 5.32 Å². The lowest BCUT2D eigenvalue weighted by molar-refractivity contribution is -0.158. The van der Waals surface area contributed by atoms with Crippen molar-refractivity contribution in [3.63, 3.8) is 0 Å². The summed E-state index contributed by atoms with van der Waals surface area (Å²) < 4.78 is 10.8. The molecule has 0 aliphatic heterocycles. The summed E-state index contributed by atoms with van der Waals surface area (Å²) in [6.07, 6.45) is 1.46. The molecule has 20 heavy (non-hydrogen) atoms. The van der Waals surface area contributed by atoms with Gasteiger partial charge in [0.2, 0.25) is 0 Å². The molecule has 1 aromatic carbocycles. The molecule has 4 nitrogen and oxygen atoms in total. The van der Waals surface area contributed by atoms with E-state index in [9.17, 15) is 4.79 Å². The number of nitrogens with one attached hydrogen (secondary N) is 1. The monoisotopic (exact) mass is 277 g/mol. The van der Waals surface area contributed by atoms with Crippen LogP contribution in [0.25, 0.3) is 0 Å². The summed E-state index contributed by atoms with van der Waals surface area (Å²) in [5, 5.41) is 3.38. The molecule has 0 bridgehead atoms. The second kappa shape index (κ2) is 6.27. The van der Waals surface area contributed by atoms with Gasteiger partial charge in [-0.15, -0.1) is 0 Å². The van der Waals surface area contributed by atoms with E-state index in [-0.39, 0.29) is 12.1 Å². The van der Waals surface area contributed by atoms with Gasteiger partial charge in [0.05, 0.1) is 12.7 Å². The summed E-state index contributed by atoms with van der Waals surface area (Å²) in [4.78, 5) is 12.3. The van der Waals surface area contributed by atoms with E-state index in [4.69, 9.17) is 9.47 Å². The minimum Gasteiger partial charge on any atom is -0.464 e. The molecule has 4 heteroatoms. The number of esters is 1. The number of rotatable bonds is 6. The van der Waals surface area contributed by atoms with Crippen molar-refractivity contribution in [2.75, 3.05) is 18.5 Å². The van der Waals surface area contributed by atoms with Gasteiger partial charge < -0.3 is 14.8 Å². The standard InChI is InChI=1S/C16H23NO3/c1-4-19-13-10-16(11-13,15(18)20-5-2)17-14-9-7-6-8-12(14)3/h6-9,13,17H,4-5,10-11H2,1-3H3. The Hall–Kier alpha value is -1.55. The Morgan fingerprint density at radius 3 is 2.60 bits per heavy atom. The van der Waals surface area contributed by atoms with Crippen molar-refractivity contribution >= 4 is 11.7 Å². The molecule has 1 aliphatic rings. The van der Waals surface area contributed by atoms with Gasteiger partial charge in [0.15, 0.2) is 0 Å². The summed E-state index contributed by atoms with van der Waals surface area (Å²) in [7, 11) is 0. The molecule has 0 saturated heterocycles. The molecule has 1 N–H and O–H groups in total. The predicted molar refractivity (Wildman–Crippen MR) is 78.8 cm³/mol. The first-order chi connectivity index (χ1) is 9.61. The first kappa shape index (κ1) is 14.9. The van der Waals surface area contributed by atoms with Crippen LogP contribution in [0.3, 0.4) is 0 Å². The van der Waals surface area contributed by atoms with Crippen LogP contribution < -0.4 is 5.32 Å². The van der Waals surface area contributed by atoms with E-state index in [0.717, 1.165) is 11.3 Å². The van der Waals surface area contributed by atoms with Crippen LogP contribution in [0.4, 0.5) is 5.69 Å². The average molecular weight is 277 g/mol. The van der Waals surface area contributed by atoms with Crippen LogP contribution in [0.2, 0.25) is 0 Å². The highest BCUT2D eigenvalue weighted by Gasteiger charge is 2.52. The molecular formula is C16H23NO3. The Morgan fingerprint density at radius 2 is 2.00 bits per heavy atom. The molecule has 110 valence electrons. The zero-order chi connectivity index (χ0) is 14.6. The van der Waals surface area contributed by atoms with Gasteiger partial charge in [-0.05, 0) is 32.4 Å². The summed E-state index contributed by atoms with van der Waals surface area (Å²) in [6.45, 7) is 6.90. The van der Waals surface area contributed by atoms with Crippen molar-refractivity contribution in [3.05, 3.63) is 29.8 Å². The van der Waals surface area contributed by atoms with Gasteiger partial charge in [0.25, 0.3) is 0 Å². The normalized spacial score (nSPS) is 24.9. The zero-order valence-electron chi connectivity index (χ0n) is 12.4. The second-order valence-corrected chi connectivity index (χ2v) is 5.23. The van der Waals surface area contributed by atoms with Crippen LogP contribution >= 0.6 is 0 Å². The van der Waals surface area contributed by atoms with E-state index < -0.39 is 5.54 Å². The first-order valence-electron chi connectivity index (χ1n) is 7.24. The zero-order valence-corrected chi connectivity index (χ0v) is 12.4. The summed E-state index contributed by atoms with van der Waals surface area (Å²) in [5.74, 6) is -0.181. The molecule has 0 atom stereocenters. The largest absolute Gasteiger partial charge is 0.464 e. The van der Waals surface area contributed by atoms with Gasteiger partial charge >= 0.3 is 5.97 Å². The molecule has 0 amide bonds. The minimum atomic E-state index is -0.637. The Kier molecular flexibility index (Phi) is 4.65. The molecule has 1 aromatic rings. The fraction of sp³-hybridized carbons (Fsp3) is 0.562. The maximum Gasteiger partial charge on any atom is 0.331 e. The molecule has 1 aliphatic carbocycles. The maximum absolute atomic E-state index is 12.3.